The molecule has 0 spiro atoms. The molecule has 0 fully saturated rings. The van der Waals surface area contributed by atoms with Crippen LogP contribution in [0.4, 0.5) is 0 Å². The van der Waals surface area contributed by atoms with Gasteiger partial charge in [-0.1, -0.05) is 18.2 Å². The van der Waals surface area contributed by atoms with E-state index in [-0.39, 0.29) is 5.91 Å². The van der Waals surface area contributed by atoms with Crippen LogP contribution in [0.1, 0.15) is 15.9 Å². The molecule has 0 bridgehead atoms. The van der Waals surface area contributed by atoms with Crippen molar-refractivity contribution in [2.24, 2.45) is 0 Å². The van der Waals surface area contributed by atoms with Gasteiger partial charge in [-0.05, 0) is 29.8 Å². The van der Waals surface area contributed by atoms with Crippen molar-refractivity contribution >= 4 is 38.6 Å². The normalized spacial score (nSPS) is 11.4. The van der Waals surface area contributed by atoms with E-state index in [4.69, 9.17) is 0 Å². The molecule has 0 radical (unpaired) electrons. The van der Waals surface area contributed by atoms with Crippen LogP contribution in [0.2, 0.25) is 0 Å². The van der Waals surface area contributed by atoms with Gasteiger partial charge in [0.1, 0.15) is 0 Å². The van der Waals surface area contributed by atoms with E-state index in [0.29, 0.717) is 12.1 Å². The van der Waals surface area contributed by atoms with E-state index in [1.165, 1.54) is 0 Å². The highest BCUT2D eigenvalue weighted by Crippen LogP contribution is 2.32. The van der Waals surface area contributed by atoms with Gasteiger partial charge in [-0.3, -0.25) is 14.9 Å². The average molecular weight is 341 g/mol. The van der Waals surface area contributed by atoms with Crippen LogP contribution in [0.3, 0.4) is 0 Å². The van der Waals surface area contributed by atoms with Crippen LogP contribution in [0.15, 0.2) is 61.1 Å². The molecule has 26 heavy (non-hydrogen) atoms. The molecule has 1 amide bonds. The van der Waals surface area contributed by atoms with Crippen molar-refractivity contribution in [1.82, 2.24) is 25.5 Å². The van der Waals surface area contributed by atoms with Crippen LogP contribution in [-0.2, 0) is 6.54 Å². The summed E-state index contributed by atoms with van der Waals surface area (Å²) in [4.78, 5) is 20.2. The average Bonchev–Trinajstić information content (AvgIpc) is 3.30. The van der Waals surface area contributed by atoms with E-state index >= 15 is 0 Å². The Morgan fingerprint density at radius 1 is 1.04 bits per heavy atom. The number of aromatic amines is 2. The zero-order valence-corrected chi connectivity index (χ0v) is 13.8. The number of benzene rings is 2. The van der Waals surface area contributed by atoms with E-state index in [1.807, 2.05) is 42.5 Å². The van der Waals surface area contributed by atoms with Crippen molar-refractivity contribution < 1.29 is 4.79 Å². The van der Waals surface area contributed by atoms with E-state index in [0.717, 1.165) is 38.3 Å². The number of nitrogens with one attached hydrogen (secondary N) is 3. The smallest absolute Gasteiger partial charge is 0.252 e. The van der Waals surface area contributed by atoms with Crippen LogP contribution in [0, 0.1) is 0 Å². The maximum absolute atomic E-state index is 12.8. The number of pyridine rings is 1. The fourth-order valence-electron chi connectivity index (χ4n) is 3.40. The minimum absolute atomic E-state index is 0.0991. The minimum atomic E-state index is -0.0991. The summed E-state index contributed by atoms with van der Waals surface area (Å²) >= 11 is 0. The Balaban J connectivity index is 1.61. The highest BCUT2D eigenvalue weighted by molar-refractivity contribution is 6.21. The van der Waals surface area contributed by atoms with Crippen LogP contribution < -0.4 is 5.32 Å². The lowest BCUT2D eigenvalue weighted by atomic mass is 10.0. The third kappa shape index (κ3) is 2.23. The number of H-pyrrole nitrogens is 2. The molecular formula is C20H15N5O. The van der Waals surface area contributed by atoms with Crippen molar-refractivity contribution in [3.8, 4) is 0 Å². The summed E-state index contributed by atoms with van der Waals surface area (Å²) in [5.74, 6) is -0.0991. The second-order valence-electron chi connectivity index (χ2n) is 6.21. The molecular weight excluding hydrogens is 326 g/mol. The summed E-state index contributed by atoms with van der Waals surface area (Å²) in [6, 6.07) is 13.6. The maximum Gasteiger partial charge on any atom is 0.252 e. The van der Waals surface area contributed by atoms with Crippen molar-refractivity contribution in [2.75, 3.05) is 0 Å². The molecule has 3 N–H and O–H groups in total. The number of carbonyl (C=O) groups excluding carboxylic acids is 1. The summed E-state index contributed by atoms with van der Waals surface area (Å²) in [6.45, 7) is 0.463. The molecule has 0 aliphatic rings. The lowest BCUT2D eigenvalue weighted by molar-refractivity contribution is 0.0952. The third-order valence-corrected chi connectivity index (χ3v) is 4.66. The Hall–Kier alpha value is -3.67. The Kier molecular flexibility index (Phi) is 3.21. The standard InChI is InChI=1S/C20H15N5O/c26-20(22-10-12-6-8-21-9-7-12)15-2-1-3-16-17(15)14-5-4-13-11-23-25-18(13)19(14)24-16/h1-9,11,24H,10H2,(H,22,26)(H,23,25). The first-order valence-electron chi connectivity index (χ1n) is 8.35. The number of carbonyl (C=O) groups is 1. The van der Waals surface area contributed by atoms with Gasteiger partial charge >= 0.3 is 0 Å². The molecule has 5 rings (SSSR count). The Labute approximate surface area is 148 Å². The molecule has 0 saturated heterocycles. The lowest BCUT2D eigenvalue weighted by Crippen LogP contribution is -2.22. The van der Waals surface area contributed by atoms with E-state index in [2.05, 4.69) is 25.5 Å². The number of hydrogen-bond donors (Lipinski definition) is 3. The van der Waals surface area contributed by atoms with Crippen molar-refractivity contribution in [3.05, 3.63) is 72.2 Å². The summed E-state index contributed by atoms with van der Waals surface area (Å²) in [5.41, 5.74) is 4.50. The van der Waals surface area contributed by atoms with Crippen LogP contribution in [0.5, 0.6) is 0 Å². The van der Waals surface area contributed by atoms with Crippen molar-refractivity contribution in [1.29, 1.82) is 0 Å². The van der Waals surface area contributed by atoms with Gasteiger partial charge in [0.25, 0.3) is 5.91 Å². The molecule has 6 nitrogen and oxygen atoms in total. The Morgan fingerprint density at radius 3 is 2.81 bits per heavy atom. The van der Waals surface area contributed by atoms with Crippen LogP contribution in [0.25, 0.3) is 32.7 Å². The summed E-state index contributed by atoms with van der Waals surface area (Å²) in [5, 5.41) is 13.1. The topological polar surface area (TPSA) is 86.5 Å². The number of nitrogens with zero attached hydrogens (tertiary/aromatic N) is 2. The predicted octanol–water partition coefficient (Wildman–Crippen LogP) is 3.52. The number of aromatic nitrogens is 4. The Morgan fingerprint density at radius 2 is 1.92 bits per heavy atom. The fraction of sp³-hybridized carbons (Fsp3) is 0.0500. The molecule has 0 saturated carbocycles. The van der Waals surface area contributed by atoms with Gasteiger partial charge in [-0.25, -0.2) is 0 Å². The van der Waals surface area contributed by atoms with Gasteiger partial charge < -0.3 is 10.3 Å². The second-order valence-corrected chi connectivity index (χ2v) is 6.21. The molecule has 3 aromatic heterocycles. The minimum Gasteiger partial charge on any atom is -0.353 e. The number of hydrogen-bond acceptors (Lipinski definition) is 3. The van der Waals surface area contributed by atoms with Gasteiger partial charge in [-0.15, -0.1) is 0 Å². The molecule has 0 aliphatic heterocycles. The first kappa shape index (κ1) is 14.7. The molecule has 3 heterocycles. The molecule has 0 unspecified atom stereocenters. The van der Waals surface area contributed by atoms with Gasteiger partial charge in [0, 0.05) is 46.2 Å². The maximum atomic E-state index is 12.8. The van der Waals surface area contributed by atoms with Crippen molar-refractivity contribution in [3.63, 3.8) is 0 Å². The number of rotatable bonds is 3. The summed E-state index contributed by atoms with van der Waals surface area (Å²) < 4.78 is 0. The summed E-state index contributed by atoms with van der Waals surface area (Å²) in [7, 11) is 0. The van der Waals surface area contributed by atoms with E-state index in [9.17, 15) is 4.79 Å². The first-order chi connectivity index (χ1) is 12.8. The van der Waals surface area contributed by atoms with Gasteiger partial charge in [0.2, 0.25) is 0 Å². The lowest BCUT2D eigenvalue weighted by Gasteiger charge is -2.07. The molecule has 126 valence electrons. The number of fused-ring (bicyclic) bond motifs is 5. The quantitative estimate of drug-likeness (QED) is 0.469. The van der Waals surface area contributed by atoms with Crippen LogP contribution in [-0.4, -0.2) is 26.1 Å². The highest BCUT2D eigenvalue weighted by Gasteiger charge is 2.16. The van der Waals surface area contributed by atoms with Gasteiger partial charge in [-0.2, -0.15) is 5.10 Å². The Bertz CT molecular complexity index is 1250. The molecule has 5 aromatic rings. The SMILES string of the molecule is O=C(NCc1ccncc1)c1cccc2[nH]c3c(ccc4cn[nH]c43)c12. The zero-order chi connectivity index (χ0) is 17.5. The first-order valence-corrected chi connectivity index (χ1v) is 8.35. The van der Waals surface area contributed by atoms with Crippen LogP contribution >= 0.6 is 0 Å². The van der Waals surface area contributed by atoms with Gasteiger partial charge in [0.05, 0.1) is 17.2 Å². The monoisotopic (exact) mass is 341 g/mol. The highest BCUT2D eigenvalue weighted by atomic mass is 16.1. The van der Waals surface area contributed by atoms with E-state index in [1.54, 1.807) is 18.6 Å². The third-order valence-electron chi connectivity index (χ3n) is 4.66. The van der Waals surface area contributed by atoms with Crippen molar-refractivity contribution in [2.45, 2.75) is 6.54 Å². The molecule has 2 aromatic carbocycles. The second kappa shape index (κ2) is 5.70. The fourth-order valence-corrected chi connectivity index (χ4v) is 3.40. The summed E-state index contributed by atoms with van der Waals surface area (Å²) in [6.07, 6.45) is 5.23. The molecule has 0 aliphatic carbocycles. The predicted molar refractivity (Wildman–Crippen MR) is 101 cm³/mol. The van der Waals surface area contributed by atoms with Gasteiger partial charge in [0.15, 0.2) is 0 Å². The largest absolute Gasteiger partial charge is 0.353 e. The number of amides is 1. The van der Waals surface area contributed by atoms with E-state index < -0.39 is 0 Å². The molecule has 6 heteroatoms. The zero-order valence-electron chi connectivity index (χ0n) is 13.8. The molecule has 0 atom stereocenters.